The van der Waals surface area contributed by atoms with Gasteiger partial charge < -0.3 is 18.9 Å². The molecule has 4 rings (SSSR count). The van der Waals surface area contributed by atoms with Crippen molar-refractivity contribution in [3.8, 4) is 17.2 Å². The maximum atomic E-state index is 13.6. The summed E-state index contributed by atoms with van der Waals surface area (Å²) < 4.78 is 35.9. The Hall–Kier alpha value is -3.86. The third-order valence-corrected chi connectivity index (χ3v) is 6.82. The Morgan fingerprint density at radius 1 is 1.03 bits per heavy atom. The Labute approximate surface area is 204 Å². The van der Waals surface area contributed by atoms with Crippen molar-refractivity contribution in [2.24, 2.45) is 0 Å². The lowest BCUT2D eigenvalue weighted by atomic mass is 9.89. The van der Waals surface area contributed by atoms with E-state index in [4.69, 9.17) is 18.9 Å². The summed E-state index contributed by atoms with van der Waals surface area (Å²) in [7, 11) is 5.68. The third-order valence-electron chi connectivity index (χ3n) is 5.74. The van der Waals surface area contributed by atoms with Crippen molar-refractivity contribution in [3.05, 3.63) is 62.3 Å². The SMILES string of the molecule is COC(=O)Cn1c2c(sc1=O)[C@H](c1cc(OC)c(OC)c(OC)c1)CC(=O)N2c1ccc(F)cc1. The first kappa shape index (κ1) is 24.3. The molecule has 11 heteroatoms. The Morgan fingerprint density at radius 3 is 2.20 bits per heavy atom. The molecule has 1 atom stereocenters. The molecule has 0 fully saturated rings. The van der Waals surface area contributed by atoms with Crippen molar-refractivity contribution < 1.29 is 32.9 Å². The molecule has 184 valence electrons. The van der Waals surface area contributed by atoms with Gasteiger partial charge in [0.05, 0.1) is 39.0 Å². The largest absolute Gasteiger partial charge is 0.493 e. The molecule has 1 amide bonds. The fraction of sp³-hybridized carbons (Fsp3) is 0.292. The summed E-state index contributed by atoms with van der Waals surface area (Å²) in [5.74, 6) is -0.535. The van der Waals surface area contributed by atoms with Gasteiger partial charge in [-0.25, -0.2) is 4.39 Å². The van der Waals surface area contributed by atoms with Crippen LogP contribution in [-0.4, -0.2) is 44.9 Å². The topological polar surface area (TPSA) is 96.3 Å². The van der Waals surface area contributed by atoms with Crippen LogP contribution in [0, 0.1) is 5.82 Å². The van der Waals surface area contributed by atoms with E-state index in [1.165, 1.54) is 62.2 Å². The average molecular weight is 503 g/mol. The normalized spacial score (nSPS) is 14.9. The monoisotopic (exact) mass is 502 g/mol. The Bertz CT molecular complexity index is 1310. The Kier molecular flexibility index (Phi) is 6.79. The van der Waals surface area contributed by atoms with E-state index in [1.807, 2.05) is 0 Å². The average Bonchev–Trinajstić information content (AvgIpc) is 3.18. The first-order valence-electron chi connectivity index (χ1n) is 10.5. The van der Waals surface area contributed by atoms with E-state index < -0.39 is 22.6 Å². The molecule has 1 aliphatic heterocycles. The highest BCUT2D eigenvalue weighted by molar-refractivity contribution is 7.10. The summed E-state index contributed by atoms with van der Waals surface area (Å²) in [6.45, 7) is -0.381. The predicted molar refractivity (Wildman–Crippen MR) is 127 cm³/mol. The second kappa shape index (κ2) is 9.79. The summed E-state index contributed by atoms with van der Waals surface area (Å²) in [6, 6.07) is 8.80. The van der Waals surface area contributed by atoms with Crippen molar-refractivity contribution in [1.82, 2.24) is 4.57 Å². The van der Waals surface area contributed by atoms with Gasteiger partial charge in [-0.15, -0.1) is 0 Å². The number of anilines is 2. The van der Waals surface area contributed by atoms with Gasteiger partial charge >= 0.3 is 10.8 Å². The number of carbonyl (C=O) groups is 2. The lowest BCUT2D eigenvalue weighted by molar-refractivity contribution is -0.141. The van der Waals surface area contributed by atoms with E-state index in [-0.39, 0.29) is 24.7 Å². The van der Waals surface area contributed by atoms with Gasteiger partial charge in [0.25, 0.3) is 0 Å². The summed E-state index contributed by atoms with van der Waals surface area (Å²) >= 11 is 0.931. The molecule has 1 aromatic heterocycles. The van der Waals surface area contributed by atoms with Crippen LogP contribution in [0.15, 0.2) is 41.2 Å². The molecule has 3 aromatic rings. The van der Waals surface area contributed by atoms with Crippen LogP contribution >= 0.6 is 11.3 Å². The molecule has 35 heavy (non-hydrogen) atoms. The van der Waals surface area contributed by atoms with Gasteiger partial charge in [0.15, 0.2) is 11.5 Å². The van der Waals surface area contributed by atoms with E-state index in [2.05, 4.69) is 0 Å². The first-order chi connectivity index (χ1) is 16.8. The van der Waals surface area contributed by atoms with Gasteiger partial charge in [0.1, 0.15) is 18.2 Å². The Balaban J connectivity index is 1.94. The molecular weight excluding hydrogens is 479 g/mol. The lowest BCUT2D eigenvalue weighted by Crippen LogP contribution is -2.36. The van der Waals surface area contributed by atoms with Crippen molar-refractivity contribution in [2.75, 3.05) is 33.3 Å². The van der Waals surface area contributed by atoms with E-state index >= 15 is 0 Å². The highest BCUT2D eigenvalue weighted by Crippen LogP contribution is 2.48. The maximum absolute atomic E-state index is 13.6. The summed E-state index contributed by atoms with van der Waals surface area (Å²) in [6.07, 6.45) is 0.0151. The number of rotatable bonds is 7. The number of hydrogen-bond acceptors (Lipinski definition) is 8. The number of nitrogens with zero attached hydrogens (tertiary/aromatic N) is 2. The number of thiazole rings is 1. The number of ether oxygens (including phenoxy) is 4. The number of methoxy groups -OCH3 is 4. The smallest absolute Gasteiger partial charge is 0.325 e. The van der Waals surface area contributed by atoms with E-state index in [0.717, 1.165) is 11.3 Å². The van der Waals surface area contributed by atoms with Gasteiger partial charge in [0, 0.05) is 12.3 Å². The highest BCUT2D eigenvalue weighted by Gasteiger charge is 2.39. The molecule has 0 saturated carbocycles. The van der Waals surface area contributed by atoms with Crippen LogP contribution in [0.3, 0.4) is 0 Å². The van der Waals surface area contributed by atoms with Crippen LogP contribution < -0.4 is 24.0 Å². The van der Waals surface area contributed by atoms with Crippen LogP contribution in [0.5, 0.6) is 17.2 Å². The molecule has 1 aliphatic rings. The summed E-state index contributed by atoms with van der Waals surface area (Å²) in [4.78, 5) is 40.1. The van der Waals surface area contributed by atoms with Gasteiger partial charge in [-0.05, 0) is 42.0 Å². The molecule has 0 bridgehead atoms. The van der Waals surface area contributed by atoms with Crippen LogP contribution in [0.25, 0.3) is 0 Å². The molecular formula is C24H23FN2O7S. The number of benzene rings is 2. The zero-order chi connectivity index (χ0) is 25.3. The van der Waals surface area contributed by atoms with Crippen molar-refractivity contribution >= 4 is 34.7 Å². The predicted octanol–water partition coefficient (Wildman–Crippen LogP) is 3.45. The minimum atomic E-state index is -0.644. The van der Waals surface area contributed by atoms with Gasteiger partial charge in [-0.1, -0.05) is 11.3 Å². The number of esters is 1. The molecule has 0 saturated heterocycles. The highest BCUT2D eigenvalue weighted by atomic mass is 32.1. The molecule has 2 heterocycles. The first-order valence-corrected chi connectivity index (χ1v) is 11.3. The van der Waals surface area contributed by atoms with Crippen molar-refractivity contribution in [2.45, 2.75) is 18.9 Å². The molecule has 9 nitrogen and oxygen atoms in total. The van der Waals surface area contributed by atoms with E-state index in [9.17, 15) is 18.8 Å². The van der Waals surface area contributed by atoms with Gasteiger partial charge in [0.2, 0.25) is 11.7 Å². The molecule has 2 aromatic carbocycles. The standard InChI is InChI=1S/C24H23FN2O7S/c1-31-17-9-13(10-18(32-2)21(17)34-4)16-11-19(28)27(15-7-5-14(25)6-8-15)23-22(16)35-24(30)26(23)12-20(29)33-3/h5-10,16H,11-12H2,1-4H3/t16-/m0/s1. The lowest BCUT2D eigenvalue weighted by Gasteiger charge is -2.33. The van der Waals surface area contributed by atoms with Crippen LogP contribution in [-0.2, 0) is 20.9 Å². The maximum Gasteiger partial charge on any atom is 0.325 e. The second-order valence-corrected chi connectivity index (χ2v) is 8.63. The number of carbonyl (C=O) groups excluding carboxylic acids is 2. The molecule has 0 unspecified atom stereocenters. The number of aromatic nitrogens is 1. The summed E-state index contributed by atoms with van der Waals surface area (Å²) in [5, 5.41) is 0. The number of fused-ring (bicyclic) bond motifs is 1. The molecule has 0 spiro atoms. The van der Waals surface area contributed by atoms with Crippen molar-refractivity contribution in [1.29, 1.82) is 0 Å². The molecule has 0 radical (unpaired) electrons. The summed E-state index contributed by atoms with van der Waals surface area (Å²) in [5.41, 5.74) is 1.04. The number of halogens is 1. The Morgan fingerprint density at radius 2 is 1.66 bits per heavy atom. The van der Waals surface area contributed by atoms with Gasteiger partial charge in [-0.3, -0.25) is 23.9 Å². The van der Waals surface area contributed by atoms with Crippen LogP contribution in [0.2, 0.25) is 0 Å². The van der Waals surface area contributed by atoms with Crippen LogP contribution in [0.1, 0.15) is 22.8 Å². The van der Waals surface area contributed by atoms with Crippen LogP contribution in [0.4, 0.5) is 15.9 Å². The second-order valence-electron chi connectivity index (χ2n) is 7.64. The molecule has 0 N–H and O–H groups in total. The van der Waals surface area contributed by atoms with E-state index in [1.54, 1.807) is 12.1 Å². The third kappa shape index (κ3) is 4.34. The zero-order valence-corrected chi connectivity index (χ0v) is 20.3. The van der Waals surface area contributed by atoms with Gasteiger partial charge in [-0.2, -0.15) is 0 Å². The number of amides is 1. The number of hydrogen-bond donors (Lipinski definition) is 0. The fourth-order valence-electron chi connectivity index (χ4n) is 4.11. The van der Waals surface area contributed by atoms with Crippen molar-refractivity contribution in [3.63, 3.8) is 0 Å². The quantitative estimate of drug-likeness (QED) is 0.457. The fourth-order valence-corrected chi connectivity index (χ4v) is 5.21. The van der Waals surface area contributed by atoms with E-state index in [0.29, 0.717) is 33.4 Å². The zero-order valence-electron chi connectivity index (χ0n) is 19.5. The minimum Gasteiger partial charge on any atom is -0.493 e. The molecule has 0 aliphatic carbocycles. The minimum absolute atomic E-state index is 0.0151.